The molecule has 0 saturated heterocycles. The van der Waals surface area contributed by atoms with Crippen molar-refractivity contribution in [3.63, 3.8) is 0 Å². The monoisotopic (exact) mass is 267 g/mol. The summed E-state index contributed by atoms with van der Waals surface area (Å²) >= 11 is 1.27. The van der Waals surface area contributed by atoms with Crippen LogP contribution in [0, 0.1) is 6.92 Å². The molecule has 18 heavy (non-hydrogen) atoms. The van der Waals surface area contributed by atoms with Crippen molar-refractivity contribution in [1.29, 1.82) is 0 Å². The van der Waals surface area contributed by atoms with Gasteiger partial charge < -0.3 is 16.4 Å². The first kappa shape index (κ1) is 14.4. The molecule has 1 aromatic rings. The number of benzene rings is 1. The maximum atomic E-state index is 11.6. The fraction of sp³-hybridized carbons (Fsp3) is 0.333. The van der Waals surface area contributed by atoms with Gasteiger partial charge in [0.1, 0.15) is 0 Å². The smallest absolute Gasteiger partial charge is 0.234 e. The molecule has 0 saturated carbocycles. The second-order valence-corrected chi connectivity index (χ2v) is 4.77. The molecule has 1 aromatic carbocycles. The van der Waals surface area contributed by atoms with Crippen molar-refractivity contribution >= 4 is 35.0 Å². The molecule has 6 heteroatoms. The Kier molecular flexibility index (Phi) is 5.51. The van der Waals surface area contributed by atoms with Gasteiger partial charge in [-0.2, -0.15) is 0 Å². The molecule has 2 amide bonds. The average molecular weight is 267 g/mol. The van der Waals surface area contributed by atoms with Gasteiger partial charge in [-0.05, 0) is 24.6 Å². The number of anilines is 2. The highest BCUT2D eigenvalue weighted by molar-refractivity contribution is 8.00. The molecule has 0 radical (unpaired) electrons. The van der Waals surface area contributed by atoms with Gasteiger partial charge in [0.15, 0.2) is 0 Å². The maximum Gasteiger partial charge on any atom is 0.234 e. The topological polar surface area (TPSA) is 84.2 Å². The molecular weight excluding hydrogens is 250 g/mol. The van der Waals surface area contributed by atoms with E-state index in [1.807, 2.05) is 13.0 Å². The van der Waals surface area contributed by atoms with Gasteiger partial charge in [-0.25, -0.2) is 0 Å². The number of thioether (sulfide) groups is 1. The van der Waals surface area contributed by atoms with Gasteiger partial charge in [-0.15, -0.1) is 11.8 Å². The van der Waals surface area contributed by atoms with Crippen molar-refractivity contribution in [1.82, 2.24) is 5.32 Å². The van der Waals surface area contributed by atoms with E-state index in [9.17, 15) is 9.59 Å². The Labute approximate surface area is 111 Å². The van der Waals surface area contributed by atoms with Crippen molar-refractivity contribution in [3.8, 4) is 0 Å². The van der Waals surface area contributed by atoms with Crippen LogP contribution in [0.2, 0.25) is 0 Å². The lowest BCUT2D eigenvalue weighted by Crippen LogP contribution is -2.22. The predicted molar refractivity (Wildman–Crippen MR) is 75.6 cm³/mol. The minimum absolute atomic E-state index is 0.0904. The molecule has 0 atom stereocenters. The van der Waals surface area contributed by atoms with Crippen LogP contribution in [0.1, 0.15) is 5.56 Å². The van der Waals surface area contributed by atoms with E-state index in [-0.39, 0.29) is 23.3 Å². The highest BCUT2D eigenvalue weighted by Gasteiger charge is 2.05. The third kappa shape index (κ3) is 4.67. The molecule has 98 valence electrons. The number of nitrogens with two attached hydrogens (primary N) is 1. The fourth-order valence-corrected chi connectivity index (χ4v) is 1.91. The lowest BCUT2D eigenvalue weighted by atomic mass is 10.2. The van der Waals surface area contributed by atoms with Crippen LogP contribution < -0.4 is 16.4 Å². The Hall–Kier alpha value is -1.69. The largest absolute Gasteiger partial charge is 0.398 e. The van der Waals surface area contributed by atoms with Crippen LogP contribution in [0.4, 0.5) is 11.4 Å². The standard InChI is InChI=1S/C12H17N3O2S/c1-8-3-4-9(5-10(8)13)15-12(17)7-18-6-11(16)14-2/h3-5H,6-7,13H2,1-2H3,(H,14,16)(H,15,17). The van der Waals surface area contributed by atoms with Gasteiger partial charge in [0, 0.05) is 18.4 Å². The van der Waals surface area contributed by atoms with E-state index in [0.29, 0.717) is 11.4 Å². The number of rotatable bonds is 5. The Bertz CT molecular complexity index is 449. The fourth-order valence-electron chi connectivity index (χ4n) is 1.22. The van der Waals surface area contributed by atoms with E-state index in [1.165, 1.54) is 11.8 Å². The quantitative estimate of drug-likeness (QED) is 0.695. The van der Waals surface area contributed by atoms with Gasteiger partial charge in [-0.3, -0.25) is 9.59 Å². The van der Waals surface area contributed by atoms with Gasteiger partial charge >= 0.3 is 0 Å². The van der Waals surface area contributed by atoms with Crippen LogP contribution in [0.5, 0.6) is 0 Å². The highest BCUT2D eigenvalue weighted by Crippen LogP contribution is 2.17. The summed E-state index contributed by atoms with van der Waals surface area (Å²) in [6.45, 7) is 1.90. The van der Waals surface area contributed by atoms with Crippen molar-refractivity contribution in [2.45, 2.75) is 6.92 Å². The van der Waals surface area contributed by atoms with E-state index in [4.69, 9.17) is 5.73 Å². The minimum Gasteiger partial charge on any atom is -0.398 e. The Morgan fingerprint density at radius 1 is 1.28 bits per heavy atom. The summed E-state index contributed by atoms with van der Waals surface area (Å²) in [6.07, 6.45) is 0. The van der Waals surface area contributed by atoms with Crippen molar-refractivity contribution in [2.75, 3.05) is 29.6 Å². The van der Waals surface area contributed by atoms with Crippen LogP contribution in [0.15, 0.2) is 18.2 Å². The molecule has 1 rings (SSSR count). The normalized spacial score (nSPS) is 9.89. The Morgan fingerprint density at radius 3 is 2.56 bits per heavy atom. The van der Waals surface area contributed by atoms with E-state index >= 15 is 0 Å². The summed E-state index contributed by atoms with van der Waals surface area (Å²) in [4.78, 5) is 22.5. The van der Waals surface area contributed by atoms with E-state index in [0.717, 1.165) is 5.56 Å². The number of amides is 2. The number of hydrogen-bond donors (Lipinski definition) is 3. The van der Waals surface area contributed by atoms with Crippen molar-refractivity contribution in [3.05, 3.63) is 23.8 Å². The van der Waals surface area contributed by atoms with Gasteiger partial charge in [-0.1, -0.05) is 6.07 Å². The summed E-state index contributed by atoms with van der Waals surface area (Å²) in [5, 5.41) is 5.22. The van der Waals surface area contributed by atoms with Crippen LogP contribution in [-0.4, -0.2) is 30.4 Å². The van der Waals surface area contributed by atoms with Crippen molar-refractivity contribution in [2.24, 2.45) is 0 Å². The second-order valence-electron chi connectivity index (χ2n) is 3.79. The zero-order chi connectivity index (χ0) is 13.5. The molecule has 0 aliphatic heterocycles. The third-order valence-electron chi connectivity index (χ3n) is 2.31. The maximum absolute atomic E-state index is 11.6. The van der Waals surface area contributed by atoms with Gasteiger partial charge in [0.25, 0.3) is 0 Å². The molecule has 0 aromatic heterocycles. The summed E-state index contributed by atoms with van der Waals surface area (Å²) < 4.78 is 0. The van der Waals surface area contributed by atoms with Crippen molar-refractivity contribution < 1.29 is 9.59 Å². The number of nitrogen functional groups attached to an aromatic ring is 1. The van der Waals surface area contributed by atoms with Crippen LogP contribution in [0.3, 0.4) is 0 Å². The summed E-state index contributed by atoms with van der Waals surface area (Å²) in [6, 6.07) is 5.37. The summed E-state index contributed by atoms with van der Waals surface area (Å²) in [5.74, 6) is 0.278. The minimum atomic E-state index is -0.146. The molecule has 0 bridgehead atoms. The number of aryl methyl sites for hydroxylation is 1. The Balaban J connectivity index is 2.40. The second kappa shape index (κ2) is 6.90. The number of carbonyl (C=O) groups excluding carboxylic acids is 2. The number of hydrogen-bond acceptors (Lipinski definition) is 4. The van der Waals surface area contributed by atoms with Crippen LogP contribution in [-0.2, 0) is 9.59 Å². The molecule has 0 fully saturated rings. The zero-order valence-electron chi connectivity index (χ0n) is 10.4. The van der Waals surface area contributed by atoms with E-state index < -0.39 is 0 Å². The molecule has 0 heterocycles. The zero-order valence-corrected chi connectivity index (χ0v) is 11.3. The summed E-state index contributed by atoms with van der Waals surface area (Å²) in [5.41, 5.74) is 8.03. The molecule has 5 nitrogen and oxygen atoms in total. The highest BCUT2D eigenvalue weighted by atomic mass is 32.2. The van der Waals surface area contributed by atoms with E-state index in [2.05, 4.69) is 10.6 Å². The first-order chi connectivity index (χ1) is 8.52. The third-order valence-corrected chi connectivity index (χ3v) is 3.24. The molecule has 0 spiro atoms. The molecular formula is C12H17N3O2S. The molecule has 4 N–H and O–H groups in total. The van der Waals surface area contributed by atoms with Crippen LogP contribution in [0.25, 0.3) is 0 Å². The molecule has 0 aliphatic rings. The SMILES string of the molecule is CNC(=O)CSCC(=O)Nc1ccc(C)c(N)c1. The first-order valence-electron chi connectivity index (χ1n) is 5.47. The summed E-state index contributed by atoms with van der Waals surface area (Å²) in [7, 11) is 1.57. The lowest BCUT2D eigenvalue weighted by Gasteiger charge is -2.07. The number of carbonyl (C=O) groups is 2. The molecule has 0 aliphatic carbocycles. The van der Waals surface area contributed by atoms with E-state index in [1.54, 1.807) is 19.2 Å². The average Bonchev–Trinajstić information content (AvgIpc) is 2.33. The number of nitrogens with one attached hydrogen (secondary N) is 2. The Morgan fingerprint density at radius 2 is 1.94 bits per heavy atom. The van der Waals surface area contributed by atoms with Gasteiger partial charge in [0.05, 0.1) is 11.5 Å². The first-order valence-corrected chi connectivity index (χ1v) is 6.62. The van der Waals surface area contributed by atoms with Crippen LogP contribution >= 0.6 is 11.8 Å². The predicted octanol–water partition coefficient (Wildman–Crippen LogP) is 0.995. The lowest BCUT2D eigenvalue weighted by molar-refractivity contribution is -0.118. The van der Waals surface area contributed by atoms with Gasteiger partial charge in [0.2, 0.25) is 11.8 Å². The molecule has 0 unspecified atom stereocenters.